The molecule has 7 N–H and O–H groups in total. The maximum Gasteiger partial charge on any atom is 1.00 e. The number of hydrogen-bond acceptors (Lipinski definition) is 34. The summed E-state index contributed by atoms with van der Waals surface area (Å²) in [5.74, 6) is -0.573. The number of amides is 4. The smallest absolute Gasteiger partial charge is 0.599 e. The first-order chi connectivity index (χ1) is 58.5. The number of sulfonamides is 4. The van der Waals surface area contributed by atoms with Crippen LogP contribution < -0.4 is 89.4 Å². The van der Waals surface area contributed by atoms with Crippen LogP contribution in [0.15, 0.2) is 201 Å². The van der Waals surface area contributed by atoms with E-state index in [1.807, 2.05) is 100 Å². The summed E-state index contributed by atoms with van der Waals surface area (Å²) in [4.78, 5) is 79.4. The molecule has 9 rings (SSSR count). The molecule has 4 amide bonds. The van der Waals surface area contributed by atoms with Crippen molar-refractivity contribution in [3.63, 3.8) is 0 Å². The van der Waals surface area contributed by atoms with E-state index in [1.54, 1.807) is 57.2 Å². The Morgan fingerprint density at radius 3 is 1.10 bits per heavy atom. The zero-order chi connectivity index (χ0) is 89.7. The average Bonchev–Trinajstić information content (AvgIpc) is 0.887. The number of aromatic nitrogens is 3. The molecule has 0 spiro atoms. The molecule has 3 heterocycles. The van der Waals surface area contributed by atoms with Crippen LogP contribution in [0.5, 0.6) is 0 Å². The summed E-state index contributed by atoms with van der Waals surface area (Å²) in [6.07, 6.45) is -5.69. The van der Waals surface area contributed by atoms with Gasteiger partial charge in [-0.1, -0.05) is 215 Å². The number of ether oxygens (including phenoxy) is 5. The molecule has 125 heavy (non-hydrogen) atoms. The zero-order valence-corrected chi connectivity index (χ0v) is 79.9. The second-order valence-electron chi connectivity index (χ2n) is 25.0. The Morgan fingerprint density at radius 1 is 0.440 bits per heavy atom. The van der Waals surface area contributed by atoms with Crippen molar-refractivity contribution in [1.29, 1.82) is 0 Å². The van der Waals surface area contributed by atoms with Gasteiger partial charge in [0.05, 0.1) is 43.6 Å². The summed E-state index contributed by atoms with van der Waals surface area (Å²) in [5.41, 5.74) is 8.70. The number of carbonyl (C=O) groups excluding carboxylic acids is 4. The Bertz CT molecular complexity index is 5580. The fourth-order valence-electron chi connectivity index (χ4n) is 10.2. The summed E-state index contributed by atoms with van der Waals surface area (Å²) in [5, 5.41) is 66.6. The molecule has 37 nitrogen and oxygen atoms in total. The molecule has 3 aromatic heterocycles. The van der Waals surface area contributed by atoms with Gasteiger partial charge in [0.15, 0.2) is 12.2 Å². The molecule has 0 fully saturated rings. The summed E-state index contributed by atoms with van der Waals surface area (Å²) in [7, 11) is -8.56. The van der Waals surface area contributed by atoms with Gasteiger partial charge in [-0.15, -0.1) is 8.80 Å². The first-order valence-corrected chi connectivity index (χ1v) is 49.8. The van der Waals surface area contributed by atoms with E-state index >= 15 is 0 Å². The summed E-state index contributed by atoms with van der Waals surface area (Å²) >= 11 is 0. The first-order valence-electron chi connectivity index (χ1n) is 36.1. The number of benzene rings is 6. The number of nitrogens with zero attached hydrogens (tertiary/aromatic N) is 5. The van der Waals surface area contributed by atoms with Gasteiger partial charge in [-0.2, -0.15) is 8.42 Å². The molecule has 0 bridgehead atoms. The van der Waals surface area contributed by atoms with Gasteiger partial charge in [0.2, 0.25) is 5.91 Å². The zero-order valence-electron chi connectivity index (χ0n) is 67.7. The van der Waals surface area contributed by atoms with Gasteiger partial charge >= 0.3 is 95.3 Å². The SMILES string of the molecule is Cc1onc(-c2ccc(S(=O)(=O)N=C([O-])OCCSSCCOC([O-])=NS(C)(=O)=O)cc2)c1-c1ccccc1.Cc1onc(-c2ccc(S(=O)(=O)NC(=O)OCCSSCCNC(=O)CC(C)C(=O)O)cc2)c1-c1ccccc1.Cc1onc(-c2ccc(S(=O)(=O)NC(=O)OCCSSCCOC(=O)NC(CCC(=O)O)C(=O)O)cc2)c1-c1ccccc1.[Na+].[Na+]. The maximum atomic E-state index is 12.7. The molecule has 0 aliphatic carbocycles. The fraction of sp³-hybridized carbons (Fsp3) is 0.289. The first kappa shape index (κ1) is 107. The third kappa shape index (κ3) is 36.8. The molecule has 9 aromatic rings. The number of carbonyl (C=O) groups is 7. The average molecular weight is 1940 g/mol. The monoisotopic (exact) mass is 1930 g/mol. The van der Waals surface area contributed by atoms with Gasteiger partial charge in [-0.25, -0.2) is 53.9 Å². The molecule has 49 heteroatoms. The summed E-state index contributed by atoms with van der Waals surface area (Å²) in [6, 6.07) is 44.7. The van der Waals surface area contributed by atoms with E-state index in [2.05, 4.69) is 39.6 Å². The summed E-state index contributed by atoms with van der Waals surface area (Å²) < 4.78 is 147. The van der Waals surface area contributed by atoms with Crippen molar-refractivity contribution in [2.45, 2.75) is 67.7 Å². The molecule has 0 aliphatic rings. The van der Waals surface area contributed by atoms with Crippen LogP contribution in [0.2, 0.25) is 0 Å². The number of carboxylic acids is 3. The van der Waals surface area contributed by atoms with Crippen molar-refractivity contribution in [2.75, 3.05) is 80.4 Å². The van der Waals surface area contributed by atoms with E-state index in [-0.39, 0.29) is 126 Å². The fourth-order valence-corrected chi connectivity index (χ4v) is 18.2. The van der Waals surface area contributed by atoms with Gasteiger partial charge in [0, 0.05) is 83.8 Å². The molecule has 2 atom stereocenters. The molecule has 660 valence electrons. The van der Waals surface area contributed by atoms with Crippen molar-refractivity contribution < 1.29 is 189 Å². The van der Waals surface area contributed by atoms with Crippen molar-refractivity contribution in [3.8, 4) is 67.2 Å². The topological polar surface area (TPSA) is 560 Å². The van der Waals surface area contributed by atoms with E-state index < -0.39 is 107 Å². The van der Waals surface area contributed by atoms with Crippen LogP contribution in [0.1, 0.15) is 43.5 Å². The second-order valence-corrected chi connectivity index (χ2v) is 39.7. The second kappa shape index (κ2) is 53.7. The van der Waals surface area contributed by atoms with Crippen LogP contribution in [0, 0.1) is 26.7 Å². The van der Waals surface area contributed by atoms with Crippen LogP contribution in [0.4, 0.5) is 14.4 Å². The predicted octanol–water partition coefficient (Wildman–Crippen LogP) is 4.32. The number of carboxylic acid groups (broad SMARTS) is 3. The van der Waals surface area contributed by atoms with E-state index in [0.717, 1.165) is 39.6 Å². The molecule has 0 radical (unpaired) electrons. The van der Waals surface area contributed by atoms with Crippen LogP contribution in [0.25, 0.3) is 67.2 Å². The summed E-state index contributed by atoms with van der Waals surface area (Å²) in [6.45, 7) is 6.86. The van der Waals surface area contributed by atoms with E-state index in [0.29, 0.717) is 92.1 Å². The van der Waals surface area contributed by atoms with Crippen molar-refractivity contribution in [1.82, 2.24) is 35.5 Å². The minimum Gasteiger partial charge on any atom is -0.599 e. The van der Waals surface area contributed by atoms with Crippen LogP contribution in [0.3, 0.4) is 0 Å². The molecule has 0 aliphatic heterocycles. The maximum absolute atomic E-state index is 12.7. The van der Waals surface area contributed by atoms with Crippen LogP contribution in [-0.4, -0.2) is 205 Å². The van der Waals surface area contributed by atoms with E-state index in [9.17, 15) is 77.4 Å². The van der Waals surface area contributed by atoms with Gasteiger partial charge in [0.25, 0.3) is 40.1 Å². The minimum atomic E-state index is -4.30. The number of hydrogen-bond donors (Lipinski definition) is 7. The van der Waals surface area contributed by atoms with Gasteiger partial charge in [0.1, 0.15) is 60.2 Å². The Labute approximate surface area is 787 Å². The number of aryl methyl sites for hydroxylation is 3. The third-order valence-electron chi connectivity index (χ3n) is 15.8. The predicted molar refractivity (Wildman–Crippen MR) is 460 cm³/mol. The van der Waals surface area contributed by atoms with Gasteiger partial charge in [-0.3, -0.25) is 14.4 Å². The van der Waals surface area contributed by atoms with Crippen LogP contribution in [-0.2, 0) is 83.0 Å². The normalized spacial score (nSPS) is 12.0. The molecule has 0 saturated heterocycles. The Balaban J connectivity index is 0.000000331. The number of alkyl carbamates (subject to hydrolysis) is 1. The molecule has 2 unspecified atom stereocenters. The molecule has 6 aromatic carbocycles. The number of rotatable bonds is 42. The number of nitrogens with one attached hydrogen (secondary N) is 4. The van der Waals surface area contributed by atoms with Gasteiger partial charge in [-0.05, 0) is 80.3 Å². The number of aliphatic carboxylic acids is 3. The van der Waals surface area contributed by atoms with E-state index in [1.165, 1.54) is 108 Å². The Morgan fingerprint density at radius 2 is 0.768 bits per heavy atom. The largest absolute Gasteiger partial charge is 1.00 e. The quantitative estimate of drug-likeness (QED) is 0.00699. The van der Waals surface area contributed by atoms with Crippen LogP contribution >= 0.6 is 64.8 Å². The standard InChI is InChI=1S/C27H29N3O11S3.C26H29N3O8S3.C23H25N3O9S4.2Na/c1-17-23(18-5-3-2-4-6-18)24(29-41-17)19-7-9-20(10-8-19)44(37,38)30-27(36)40-14-16-43-42-15-13-39-26(35)28-21(25(33)34)11-12-22(31)32;1-17(25(31)32)16-22(30)27-12-14-38-39-15-13-36-26(33)29-40(34,35)21-10-8-20(9-11-21)24-23(18(2)37-28-24)19-6-4-3-5-7-19;1-16-20(17-6-4-3-5-7-17)21(24-35-16)18-8-10-19(11-9-18)39(31,32)26-23(28)34-13-15-37-36-14-12-33-22(27)25-38(2,29)30;;/h2-10,21H,11-16H2,1H3,(H,28,35)(H,30,36)(H,31,32)(H,33,34);3-11,17H,12-16H2,1-2H3,(H,27,30)(H,29,33)(H,31,32);3-11H,12-15H2,1-2H3,(H,25,27)(H,26,28);;/q;;;2*+1/p-2. The molecule has 0 saturated carbocycles. The third-order valence-corrected chi connectivity index (χ3v) is 27.3. The van der Waals surface area contributed by atoms with Gasteiger partial charge < -0.3 is 73.4 Å². The molecular weight excluding hydrogens is 1850 g/mol. The Hall–Kier alpha value is -8.92. The van der Waals surface area contributed by atoms with E-state index in [4.69, 9.17) is 47.8 Å². The van der Waals surface area contributed by atoms with Crippen molar-refractivity contribution in [3.05, 3.63) is 181 Å². The molecular formula is C76H81N9Na2O28S10. The Kier molecular flexibility index (Phi) is 45.8. The van der Waals surface area contributed by atoms with Crippen molar-refractivity contribution in [2.24, 2.45) is 14.7 Å². The minimum absolute atomic E-state index is 0. The van der Waals surface area contributed by atoms with Crippen molar-refractivity contribution >= 4 is 159 Å².